The van der Waals surface area contributed by atoms with E-state index in [1.165, 1.54) is 11.8 Å². The number of rotatable bonds is 2. The van der Waals surface area contributed by atoms with Gasteiger partial charge in [0.05, 0.1) is 0 Å². The van der Waals surface area contributed by atoms with Crippen LogP contribution in [-0.2, 0) is 9.53 Å². The largest absolute Gasteiger partial charge is 0.484 e. The summed E-state index contributed by atoms with van der Waals surface area (Å²) >= 11 is 11.0. The first-order valence-corrected chi connectivity index (χ1v) is 12.8. The normalized spacial score (nSPS) is 20.8. The van der Waals surface area contributed by atoms with Crippen molar-refractivity contribution >= 4 is 68.9 Å². The number of carbonyl (C=O) groups excluding carboxylic acids is 2. The molecule has 2 aliphatic heterocycles. The summed E-state index contributed by atoms with van der Waals surface area (Å²) < 4.78 is 10.8. The number of piperidine rings is 1. The Morgan fingerprint density at radius 1 is 1.13 bits per heavy atom. The molecule has 0 bridgehead atoms. The van der Waals surface area contributed by atoms with Gasteiger partial charge in [-0.05, 0) is 11.9 Å². The van der Waals surface area contributed by atoms with Crippen LogP contribution in [0.4, 0.5) is 0 Å². The highest BCUT2D eigenvalue weighted by molar-refractivity contribution is 8.04. The van der Waals surface area contributed by atoms with Crippen LogP contribution in [0.5, 0.6) is 0 Å². The predicted octanol–water partition coefficient (Wildman–Crippen LogP) is 4.79. The molecule has 1 spiro atoms. The minimum atomic E-state index is -0.448. The van der Waals surface area contributed by atoms with Gasteiger partial charge in [-0.3, -0.25) is 14.0 Å². The zero-order valence-corrected chi connectivity index (χ0v) is 19.4. The highest BCUT2D eigenvalue weighted by atomic mass is 35.5. The monoisotopic (exact) mass is 489 g/mol. The Kier molecular flexibility index (Phi) is 4.73. The highest BCUT2D eigenvalue weighted by Gasteiger charge is 2.46. The van der Waals surface area contributed by atoms with Gasteiger partial charge in [-0.25, -0.2) is 9.29 Å². The molecule has 2 aromatic heterocycles. The van der Waals surface area contributed by atoms with Crippen LogP contribution in [0.25, 0.3) is 10.7 Å². The molecule has 6 rings (SSSR count). The van der Waals surface area contributed by atoms with E-state index >= 15 is 0 Å². The molecule has 1 aliphatic carbocycles. The van der Waals surface area contributed by atoms with Crippen molar-refractivity contribution in [1.29, 1.82) is 0 Å². The van der Waals surface area contributed by atoms with Crippen LogP contribution in [0, 0.1) is 0 Å². The average molecular weight is 490 g/mol. The number of Topliss-reactive ketones (excluding diaryl/α,β-unsaturated/α-hetero) is 2. The number of allylic oxidation sites excluding steroid dienone is 1. The number of halogens is 1. The third kappa shape index (κ3) is 3.17. The van der Waals surface area contributed by atoms with Crippen LogP contribution in [0.3, 0.4) is 0 Å². The van der Waals surface area contributed by atoms with E-state index in [1.54, 1.807) is 35.4 Å². The Labute approximate surface area is 195 Å². The number of aromatic nitrogens is 2. The first-order valence-electron chi connectivity index (χ1n) is 9.83. The number of imidazole rings is 1. The minimum Gasteiger partial charge on any atom is -0.484 e. The zero-order chi connectivity index (χ0) is 21.2. The molecular weight excluding hydrogens is 474 g/mol. The molecular formula is C21H16ClN3O3S3. The van der Waals surface area contributed by atoms with E-state index < -0.39 is 11.6 Å². The maximum Gasteiger partial charge on any atom is 0.243 e. The second-order valence-electron chi connectivity index (χ2n) is 7.72. The maximum absolute atomic E-state index is 12.6. The van der Waals surface area contributed by atoms with Gasteiger partial charge in [-0.15, -0.1) is 23.1 Å². The third-order valence-electron chi connectivity index (χ3n) is 5.86. The quantitative estimate of drug-likeness (QED) is 0.379. The number of fused-ring (bicyclic) bond motifs is 3. The highest BCUT2D eigenvalue weighted by Crippen LogP contribution is 2.48. The summed E-state index contributed by atoms with van der Waals surface area (Å²) in [6, 6.07) is 7.23. The summed E-state index contributed by atoms with van der Waals surface area (Å²) in [6.45, 7) is 1.66. The predicted molar refractivity (Wildman–Crippen MR) is 124 cm³/mol. The van der Waals surface area contributed by atoms with Gasteiger partial charge in [-0.1, -0.05) is 35.9 Å². The van der Waals surface area contributed by atoms with E-state index in [9.17, 15) is 9.59 Å². The van der Waals surface area contributed by atoms with E-state index in [2.05, 4.69) is 9.29 Å². The lowest BCUT2D eigenvalue weighted by molar-refractivity contribution is -0.111. The molecule has 0 radical (unpaired) electrons. The molecule has 0 unspecified atom stereocenters. The standard InChI is InChI=1S/C21H16ClN3O3S3/c22-18-19(25-9-10-29-20(25)23-18)31-24-7-5-21(6-8-24)11-30-17-15(27)14(26)12-3-1-2-4-13(12)16(17)28-21/h1-4,9-10H,5-8,11H2. The van der Waals surface area contributed by atoms with Gasteiger partial charge >= 0.3 is 0 Å². The summed E-state index contributed by atoms with van der Waals surface area (Å²) in [7, 11) is 0. The Balaban J connectivity index is 1.22. The number of benzene rings is 1. The topological polar surface area (TPSA) is 63.9 Å². The lowest BCUT2D eigenvalue weighted by Gasteiger charge is -2.45. The van der Waals surface area contributed by atoms with Gasteiger partial charge in [0.1, 0.15) is 21.3 Å². The number of hydrogen-bond donors (Lipinski definition) is 0. The molecule has 3 aliphatic rings. The van der Waals surface area contributed by atoms with E-state index in [4.69, 9.17) is 16.3 Å². The van der Waals surface area contributed by atoms with Crippen LogP contribution in [0.1, 0.15) is 28.8 Å². The number of thiazole rings is 1. The number of thioether (sulfide) groups is 1. The van der Waals surface area contributed by atoms with Crippen LogP contribution in [0.15, 0.2) is 45.8 Å². The van der Waals surface area contributed by atoms with E-state index in [1.807, 2.05) is 28.1 Å². The van der Waals surface area contributed by atoms with E-state index in [0.29, 0.717) is 27.1 Å². The van der Waals surface area contributed by atoms with Gasteiger partial charge in [0.15, 0.2) is 10.1 Å². The molecule has 1 saturated heterocycles. The van der Waals surface area contributed by atoms with Gasteiger partial charge in [0, 0.05) is 54.4 Å². The molecule has 6 nitrogen and oxygen atoms in total. The van der Waals surface area contributed by atoms with Crippen molar-refractivity contribution in [2.75, 3.05) is 18.8 Å². The molecule has 4 heterocycles. The van der Waals surface area contributed by atoms with Gasteiger partial charge in [0.25, 0.3) is 0 Å². The van der Waals surface area contributed by atoms with Crippen LogP contribution < -0.4 is 0 Å². The van der Waals surface area contributed by atoms with Crippen molar-refractivity contribution in [3.8, 4) is 0 Å². The molecule has 158 valence electrons. The van der Waals surface area contributed by atoms with Gasteiger partial charge in [-0.2, -0.15) is 0 Å². The molecule has 10 heteroatoms. The maximum atomic E-state index is 12.6. The second-order valence-corrected chi connectivity index (χ2v) is 11.0. The number of ether oxygens (including phenoxy) is 1. The zero-order valence-electron chi connectivity index (χ0n) is 16.2. The summed E-state index contributed by atoms with van der Waals surface area (Å²) in [5.41, 5.74) is 0.830. The Morgan fingerprint density at radius 2 is 1.90 bits per heavy atom. The fourth-order valence-electron chi connectivity index (χ4n) is 4.19. The fraction of sp³-hybridized carbons (Fsp3) is 0.286. The number of hydrogen-bond acceptors (Lipinski definition) is 8. The fourth-order valence-corrected chi connectivity index (χ4v) is 7.51. The number of ketones is 2. The SMILES string of the molecule is O=C1C(=O)c2ccccc2C2=C1SCC1(CCN(Sc3c(Cl)nc4sccn34)CC1)O2. The van der Waals surface area contributed by atoms with Crippen LogP contribution in [0.2, 0.25) is 5.15 Å². The van der Waals surface area contributed by atoms with Crippen molar-refractivity contribution in [3.63, 3.8) is 0 Å². The second kappa shape index (κ2) is 7.38. The number of carbonyl (C=O) groups is 2. The van der Waals surface area contributed by atoms with Crippen molar-refractivity contribution < 1.29 is 14.3 Å². The Bertz CT molecular complexity index is 1270. The molecule has 0 N–H and O–H groups in total. The first kappa shape index (κ1) is 19.9. The van der Waals surface area contributed by atoms with E-state index in [0.717, 1.165) is 41.5 Å². The summed E-state index contributed by atoms with van der Waals surface area (Å²) in [5, 5.41) is 3.46. The Hall–Kier alpha value is -1.78. The number of nitrogens with zero attached hydrogens (tertiary/aromatic N) is 3. The average Bonchev–Trinajstić information content (AvgIpc) is 3.35. The molecule has 0 amide bonds. The molecule has 1 fully saturated rings. The lowest BCUT2D eigenvalue weighted by atomic mass is 9.90. The molecule has 0 atom stereocenters. The van der Waals surface area contributed by atoms with Gasteiger partial charge < -0.3 is 4.74 Å². The first-order chi connectivity index (χ1) is 15.0. The van der Waals surface area contributed by atoms with E-state index in [-0.39, 0.29) is 5.60 Å². The summed E-state index contributed by atoms with van der Waals surface area (Å²) in [6.07, 6.45) is 3.65. The van der Waals surface area contributed by atoms with Crippen LogP contribution >= 0.6 is 46.6 Å². The third-order valence-corrected chi connectivity index (χ3v) is 9.51. The van der Waals surface area contributed by atoms with Crippen LogP contribution in [-0.4, -0.2) is 49.7 Å². The molecule has 3 aromatic rings. The summed E-state index contributed by atoms with van der Waals surface area (Å²) in [5.74, 6) is 0.367. The molecule has 1 aromatic carbocycles. The minimum absolute atomic E-state index is 0.340. The lowest BCUT2D eigenvalue weighted by Crippen LogP contribution is -2.47. The molecule has 31 heavy (non-hydrogen) atoms. The summed E-state index contributed by atoms with van der Waals surface area (Å²) in [4.78, 5) is 30.8. The van der Waals surface area contributed by atoms with Crippen molar-refractivity contribution in [2.45, 2.75) is 23.5 Å². The van der Waals surface area contributed by atoms with Crippen molar-refractivity contribution in [2.24, 2.45) is 0 Å². The Morgan fingerprint density at radius 3 is 2.71 bits per heavy atom. The molecule has 0 saturated carbocycles. The van der Waals surface area contributed by atoms with Crippen molar-refractivity contribution in [1.82, 2.24) is 13.7 Å². The smallest absolute Gasteiger partial charge is 0.243 e. The van der Waals surface area contributed by atoms with Crippen molar-refractivity contribution in [3.05, 3.63) is 57.0 Å². The van der Waals surface area contributed by atoms with Gasteiger partial charge in [0.2, 0.25) is 11.6 Å².